The molecule has 1 heterocycles. The van der Waals surface area contributed by atoms with Crippen molar-refractivity contribution in [1.82, 2.24) is 0 Å². The number of rotatable bonds is 0. The zero-order chi connectivity index (χ0) is 10.3. The van der Waals surface area contributed by atoms with E-state index in [2.05, 4.69) is 5.32 Å². The van der Waals surface area contributed by atoms with Gasteiger partial charge in [0.25, 0.3) is 0 Å². The molecular weight excluding hydrogens is 202 g/mol. The van der Waals surface area contributed by atoms with Crippen LogP contribution in [0.4, 0.5) is 5.69 Å². The van der Waals surface area contributed by atoms with Gasteiger partial charge in [-0.25, -0.2) is 8.42 Å². The molecule has 1 aliphatic heterocycles. The number of anilines is 1. The Balaban J connectivity index is 2.74. The van der Waals surface area contributed by atoms with E-state index in [1.807, 2.05) is 0 Å². The number of phenolic OH excluding ortho intramolecular Hbond substituents is 1. The van der Waals surface area contributed by atoms with Gasteiger partial charge < -0.3 is 10.4 Å². The molecule has 1 aromatic rings. The molecule has 5 heteroatoms. The number of hydrogen-bond donors (Lipinski definition) is 2. The van der Waals surface area contributed by atoms with Crippen LogP contribution in [0.25, 0.3) is 0 Å². The van der Waals surface area contributed by atoms with Crippen LogP contribution in [0, 0.1) is 0 Å². The minimum atomic E-state index is -3.36. The Morgan fingerprint density at radius 3 is 2.93 bits per heavy atom. The van der Waals surface area contributed by atoms with E-state index >= 15 is 0 Å². The molecule has 1 unspecified atom stereocenters. The molecule has 0 saturated heterocycles. The quantitative estimate of drug-likeness (QED) is 0.674. The third-order valence-electron chi connectivity index (χ3n) is 2.39. The van der Waals surface area contributed by atoms with Gasteiger partial charge in [-0.2, -0.15) is 0 Å². The van der Waals surface area contributed by atoms with Crippen molar-refractivity contribution < 1.29 is 13.5 Å². The number of hydrogen-bond acceptors (Lipinski definition) is 4. The van der Waals surface area contributed by atoms with Gasteiger partial charge in [0.15, 0.2) is 9.84 Å². The van der Waals surface area contributed by atoms with Gasteiger partial charge in [-0.05, 0) is 19.1 Å². The Hall–Kier alpha value is -1.23. The Morgan fingerprint density at radius 2 is 2.21 bits per heavy atom. The van der Waals surface area contributed by atoms with Crippen molar-refractivity contribution in [3.8, 4) is 5.75 Å². The molecule has 0 amide bonds. The zero-order valence-electron chi connectivity index (χ0n) is 7.69. The lowest BCUT2D eigenvalue weighted by atomic mass is 10.3. The second-order valence-corrected chi connectivity index (χ2v) is 5.69. The normalized spacial score (nSPS) is 23.6. The maximum absolute atomic E-state index is 11.8. The number of phenols is 1. The molecule has 0 saturated carbocycles. The predicted molar refractivity (Wildman–Crippen MR) is 53.2 cm³/mol. The first-order valence-corrected chi connectivity index (χ1v) is 5.88. The van der Waals surface area contributed by atoms with Crippen molar-refractivity contribution in [1.29, 1.82) is 0 Å². The summed E-state index contributed by atoms with van der Waals surface area (Å²) in [6, 6.07) is 4.65. The van der Waals surface area contributed by atoms with Crippen LogP contribution in [-0.4, -0.2) is 25.3 Å². The lowest BCUT2D eigenvalue weighted by molar-refractivity contribution is 0.458. The van der Waals surface area contributed by atoms with Gasteiger partial charge in [-0.3, -0.25) is 0 Å². The lowest BCUT2D eigenvalue weighted by Gasteiger charge is -2.23. The van der Waals surface area contributed by atoms with Crippen molar-refractivity contribution in [2.75, 3.05) is 11.9 Å². The van der Waals surface area contributed by atoms with Gasteiger partial charge in [0.1, 0.15) is 10.6 Å². The van der Waals surface area contributed by atoms with Gasteiger partial charge in [0.2, 0.25) is 0 Å². The van der Waals surface area contributed by atoms with Crippen LogP contribution in [0.2, 0.25) is 0 Å². The molecular formula is C9H11NO3S. The molecule has 1 aromatic carbocycles. The topological polar surface area (TPSA) is 66.4 Å². The molecule has 0 radical (unpaired) electrons. The third kappa shape index (κ3) is 1.16. The number of nitrogens with one attached hydrogen (secondary N) is 1. The van der Waals surface area contributed by atoms with Crippen molar-refractivity contribution >= 4 is 15.5 Å². The van der Waals surface area contributed by atoms with E-state index in [0.717, 1.165) is 0 Å². The number of aromatic hydroxyl groups is 1. The molecule has 14 heavy (non-hydrogen) atoms. The van der Waals surface area contributed by atoms with E-state index in [4.69, 9.17) is 0 Å². The van der Waals surface area contributed by atoms with Crippen molar-refractivity contribution in [2.24, 2.45) is 0 Å². The minimum absolute atomic E-state index is 0.0266. The first-order chi connectivity index (χ1) is 6.53. The first-order valence-electron chi connectivity index (χ1n) is 4.33. The zero-order valence-corrected chi connectivity index (χ0v) is 8.50. The van der Waals surface area contributed by atoms with Crippen LogP contribution in [0.3, 0.4) is 0 Å². The fourth-order valence-electron chi connectivity index (χ4n) is 1.53. The summed E-state index contributed by atoms with van der Waals surface area (Å²) in [4.78, 5) is 0.0266. The molecule has 2 rings (SSSR count). The fourth-order valence-corrected chi connectivity index (χ4v) is 3.04. The lowest BCUT2D eigenvalue weighted by Crippen LogP contribution is -2.31. The number of sulfone groups is 1. The molecule has 1 aliphatic rings. The van der Waals surface area contributed by atoms with E-state index < -0.39 is 15.1 Å². The second-order valence-electron chi connectivity index (χ2n) is 3.39. The van der Waals surface area contributed by atoms with Crippen molar-refractivity contribution in [2.45, 2.75) is 17.1 Å². The van der Waals surface area contributed by atoms with Gasteiger partial charge in [0.05, 0.1) is 10.9 Å². The molecule has 0 aliphatic carbocycles. The van der Waals surface area contributed by atoms with Gasteiger partial charge in [-0.15, -0.1) is 0 Å². The third-order valence-corrected chi connectivity index (χ3v) is 4.61. The summed E-state index contributed by atoms with van der Waals surface area (Å²) in [5.41, 5.74) is 0.489. The van der Waals surface area contributed by atoms with Crippen LogP contribution in [0.15, 0.2) is 23.1 Å². The first kappa shape index (κ1) is 9.33. The summed E-state index contributed by atoms with van der Waals surface area (Å²) in [5.74, 6) is -0.179. The fraction of sp³-hybridized carbons (Fsp3) is 0.333. The molecule has 0 fully saturated rings. The highest BCUT2D eigenvalue weighted by atomic mass is 32.2. The van der Waals surface area contributed by atoms with Crippen LogP contribution in [0.1, 0.15) is 6.92 Å². The molecule has 1 atom stereocenters. The summed E-state index contributed by atoms with van der Waals surface area (Å²) >= 11 is 0. The minimum Gasteiger partial charge on any atom is -0.507 e. The average molecular weight is 213 g/mol. The maximum Gasteiger partial charge on any atom is 0.188 e. The second kappa shape index (κ2) is 2.88. The van der Waals surface area contributed by atoms with Gasteiger partial charge >= 0.3 is 0 Å². The highest BCUT2D eigenvalue weighted by Crippen LogP contribution is 2.35. The molecule has 0 bridgehead atoms. The SMILES string of the molecule is CC1CNc2cccc(O)c2S1(=O)=O. The van der Waals surface area contributed by atoms with E-state index in [1.165, 1.54) is 6.07 Å². The predicted octanol–water partition coefficient (Wildman–Crippen LogP) is 0.980. The van der Waals surface area contributed by atoms with Gasteiger partial charge in [0, 0.05) is 6.54 Å². The Bertz CT molecular complexity index is 467. The Labute approximate surface area is 82.5 Å². The molecule has 76 valence electrons. The summed E-state index contributed by atoms with van der Waals surface area (Å²) < 4.78 is 23.6. The average Bonchev–Trinajstić information content (AvgIpc) is 2.11. The summed E-state index contributed by atoms with van der Waals surface area (Å²) in [6.07, 6.45) is 0. The van der Waals surface area contributed by atoms with E-state index in [0.29, 0.717) is 12.2 Å². The molecule has 0 aromatic heterocycles. The number of benzene rings is 1. The summed E-state index contributed by atoms with van der Waals surface area (Å²) in [5, 5.41) is 12.0. The van der Waals surface area contributed by atoms with Crippen molar-refractivity contribution in [3.05, 3.63) is 18.2 Å². The summed E-state index contributed by atoms with van der Waals surface area (Å²) in [7, 11) is -3.36. The van der Waals surface area contributed by atoms with E-state index in [1.54, 1.807) is 19.1 Å². The highest BCUT2D eigenvalue weighted by molar-refractivity contribution is 7.92. The Kier molecular flexibility index (Phi) is 1.92. The van der Waals surface area contributed by atoms with E-state index in [9.17, 15) is 13.5 Å². The Morgan fingerprint density at radius 1 is 1.50 bits per heavy atom. The molecule has 4 nitrogen and oxygen atoms in total. The number of fused-ring (bicyclic) bond motifs is 1. The molecule has 2 N–H and O–H groups in total. The monoisotopic (exact) mass is 213 g/mol. The highest BCUT2D eigenvalue weighted by Gasteiger charge is 2.32. The van der Waals surface area contributed by atoms with Crippen LogP contribution in [-0.2, 0) is 9.84 Å². The van der Waals surface area contributed by atoms with Crippen LogP contribution >= 0.6 is 0 Å². The van der Waals surface area contributed by atoms with Crippen LogP contribution in [0.5, 0.6) is 5.75 Å². The molecule has 0 spiro atoms. The maximum atomic E-state index is 11.8. The standard InChI is InChI=1S/C9H11NO3S/c1-6-5-10-7-3-2-4-8(11)9(7)14(6,12)13/h2-4,6,10-11H,5H2,1H3. The van der Waals surface area contributed by atoms with Gasteiger partial charge in [-0.1, -0.05) is 6.07 Å². The largest absolute Gasteiger partial charge is 0.507 e. The smallest absolute Gasteiger partial charge is 0.188 e. The summed E-state index contributed by atoms with van der Waals surface area (Å²) in [6.45, 7) is 2.01. The van der Waals surface area contributed by atoms with Crippen molar-refractivity contribution in [3.63, 3.8) is 0 Å². The van der Waals surface area contributed by atoms with Crippen LogP contribution < -0.4 is 5.32 Å². The van der Waals surface area contributed by atoms with E-state index in [-0.39, 0.29) is 10.6 Å².